The lowest BCUT2D eigenvalue weighted by Crippen LogP contribution is -2.50. The molecule has 1 unspecified atom stereocenters. The van der Waals surface area contributed by atoms with Gasteiger partial charge < -0.3 is 18.9 Å². The quantitative estimate of drug-likeness (QED) is 0.475. The molecule has 1 saturated heterocycles. The Bertz CT molecular complexity index is 464. The summed E-state index contributed by atoms with van der Waals surface area (Å²) in [5.41, 5.74) is -0.868. The normalized spacial score (nSPS) is 26.0. The Hall–Kier alpha value is -1.66. The van der Waals surface area contributed by atoms with Gasteiger partial charge in [0.2, 0.25) is 0 Å². The van der Waals surface area contributed by atoms with Crippen molar-refractivity contribution in [3.05, 3.63) is 25.3 Å². The molecule has 0 spiro atoms. The highest BCUT2D eigenvalue weighted by Gasteiger charge is 2.43. The van der Waals surface area contributed by atoms with E-state index in [0.717, 1.165) is 25.0 Å². The van der Waals surface area contributed by atoms with Gasteiger partial charge in [-0.3, -0.25) is 0 Å². The van der Waals surface area contributed by atoms with Crippen LogP contribution in [0.4, 0.5) is 0 Å². The van der Waals surface area contributed by atoms with Crippen molar-refractivity contribution in [2.24, 2.45) is 10.8 Å². The molecule has 0 amide bonds. The molecule has 24 heavy (non-hydrogen) atoms. The molecule has 1 atom stereocenters. The van der Waals surface area contributed by atoms with Gasteiger partial charge >= 0.3 is 11.9 Å². The van der Waals surface area contributed by atoms with Gasteiger partial charge in [0, 0.05) is 17.6 Å². The molecular formula is C18H28O6. The molecule has 1 aliphatic rings. The van der Waals surface area contributed by atoms with Crippen LogP contribution >= 0.6 is 0 Å². The van der Waals surface area contributed by atoms with Crippen molar-refractivity contribution in [3.63, 3.8) is 0 Å². The van der Waals surface area contributed by atoms with Crippen LogP contribution in [-0.4, -0.2) is 44.7 Å². The van der Waals surface area contributed by atoms with Gasteiger partial charge in [-0.15, -0.1) is 0 Å². The summed E-state index contributed by atoms with van der Waals surface area (Å²) in [6.07, 6.45) is 3.46. The van der Waals surface area contributed by atoms with Crippen molar-refractivity contribution in [3.8, 4) is 0 Å². The van der Waals surface area contributed by atoms with E-state index in [2.05, 4.69) is 20.1 Å². The highest BCUT2D eigenvalue weighted by Crippen LogP contribution is 2.36. The zero-order valence-corrected chi connectivity index (χ0v) is 14.8. The lowest BCUT2D eigenvalue weighted by molar-refractivity contribution is -0.281. The molecule has 1 fully saturated rings. The summed E-state index contributed by atoms with van der Waals surface area (Å²) in [5, 5.41) is 0. The molecule has 0 aromatic heterocycles. The summed E-state index contributed by atoms with van der Waals surface area (Å²) in [4.78, 5) is 22.6. The standard InChI is InChI=1S/C18H28O6/c1-6-9-18(5,13-22-15(20)8-3)16-23-11-17(4,12-24-16)10-21-14(19)7-2/h7-8,16H,2-3,6,9-13H2,1,4-5H3. The van der Waals surface area contributed by atoms with Crippen LogP contribution in [0.3, 0.4) is 0 Å². The fourth-order valence-electron chi connectivity index (χ4n) is 2.56. The van der Waals surface area contributed by atoms with E-state index in [-0.39, 0.29) is 13.2 Å². The molecule has 0 saturated carbocycles. The Morgan fingerprint density at radius 1 is 1.21 bits per heavy atom. The summed E-state index contributed by atoms with van der Waals surface area (Å²) in [7, 11) is 0. The first kappa shape index (κ1) is 20.4. The first-order valence-electron chi connectivity index (χ1n) is 8.10. The van der Waals surface area contributed by atoms with Crippen molar-refractivity contribution in [2.75, 3.05) is 26.4 Å². The van der Waals surface area contributed by atoms with Gasteiger partial charge in [0.1, 0.15) is 13.2 Å². The van der Waals surface area contributed by atoms with Crippen LogP contribution in [-0.2, 0) is 28.5 Å². The third-order valence-electron chi connectivity index (χ3n) is 4.00. The summed E-state index contributed by atoms with van der Waals surface area (Å²) < 4.78 is 22.1. The molecule has 1 heterocycles. The largest absolute Gasteiger partial charge is 0.462 e. The zero-order chi connectivity index (χ0) is 18.2. The zero-order valence-electron chi connectivity index (χ0n) is 14.8. The van der Waals surface area contributed by atoms with E-state index in [1.165, 1.54) is 0 Å². The first-order chi connectivity index (χ1) is 11.3. The van der Waals surface area contributed by atoms with Gasteiger partial charge in [0.25, 0.3) is 0 Å². The Morgan fingerprint density at radius 3 is 2.25 bits per heavy atom. The highest BCUT2D eigenvalue weighted by molar-refractivity contribution is 5.81. The number of rotatable bonds is 9. The average molecular weight is 340 g/mol. The second-order valence-electron chi connectivity index (χ2n) is 6.79. The predicted molar refractivity (Wildman–Crippen MR) is 89.1 cm³/mol. The molecule has 6 heteroatoms. The lowest BCUT2D eigenvalue weighted by Gasteiger charge is -2.43. The van der Waals surface area contributed by atoms with E-state index >= 15 is 0 Å². The Labute approximate surface area is 143 Å². The van der Waals surface area contributed by atoms with E-state index in [1.807, 2.05) is 13.8 Å². The average Bonchev–Trinajstić information content (AvgIpc) is 2.58. The molecule has 136 valence electrons. The van der Waals surface area contributed by atoms with Crippen molar-refractivity contribution < 1.29 is 28.5 Å². The lowest BCUT2D eigenvalue weighted by atomic mass is 9.84. The van der Waals surface area contributed by atoms with Crippen LogP contribution in [0.5, 0.6) is 0 Å². The van der Waals surface area contributed by atoms with Gasteiger partial charge in [0.15, 0.2) is 6.29 Å². The number of carbonyl (C=O) groups is 2. The molecule has 0 N–H and O–H groups in total. The minimum absolute atomic E-state index is 0.193. The second-order valence-corrected chi connectivity index (χ2v) is 6.79. The van der Waals surface area contributed by atoms with Gasteiger partial charge in [0.05, 0.1) is 18.6 Å². The van der Waals surface area contributed by atoms with Crippen LogP contribution in [0, 0.1) is 10.8 Å². The van der Waals surface area contributed by atoms with Crippen molar-refractivity contribution in [1.29, 1.82) is 0 Å². The number of carbonyl (C=O) groups excluding carboxylic acids is 2. The van der Waals surface area contributed by atoms with E-state index in [0.29, 0.717) is 13.2 Å². The molecular weight excluding hydrogens is 312 g/mol. The summed E-state index contributed by atoms with van der Waals surface area (Å²) in [5.74, 6) is -0.931. The van der Waals surface area contributed by atoms with Crippen molar-refractivity contribution in [1.82, 2.24) is 0 Å². The molecule has 0 radical (unpaired) electrons. The molecule has 0 bridgehead atoms. The van der Waals surface area contributed by atoms with E-state index in [1.54, 1.807) is 0 Å². The molecule has 0 aromatic rings. The number of hydrogen-bond donors (Lipinski definition) is 0. The van der Waals surface area contributed by atoms with Gasteiger partial charge in [-0.05, 0) is 6.42 Å². The smallest absolute Gasteiger partial charge is 0.330 e. The first-order valence-corrected chi connectivity index (χ1v) is 8.10. The molecule has 1 aliphatic heterocycles. The maximum atomic E-state index is 11.3. The van der Waals surface area contributed by atoms with E-state index in [4.69, 9.17) is 18.9 Å². The molecule has 1 rings (SSSR count). The predicted octanol–water partition coefficient (Wildman–Crippen LogP) is 2.63. The van der Waals surface area contributed by atoms with Crippen LogP contribution < -0.4 is 0 Å². The third kappa shape index (κ3) is 5.76. The maximum Gasteiger partial charge on any atom is 0.330 e. The number of ether oxygens (including phenoxy) is 4. The minimum Gasteiger partial charge on any atom is -0.462 e. The van der Waals surface area contributed by atoms with Gasteiger partial charge in [-0.25, -0.2) is 9.59 Å². The topological polar surface area (TPSA) is 71.1 Å². The number of hydrogen-bond acceptors (Lipinski definition) is 6. The Kier molecular flexibility index (Phi) is 7.63. The summed E-state index contributed by atoms with van der Waals surface area (Å²) in [6.45, 7) is 13.9. The van der Waals surface area contributed by atoms with Gasteiger partial charge in [-0.1, -0.05) is 40.3 Å². The van der Waals surface area contributed by atoms with Crippen LogP contribution in [0.2, 0.25) is 0 Å². The van der Waals surface area contributed by atoms with Gasteiger partial charge in [-0.2, -0.15) is 0 Å². The molecule has 6 nitrogen and oxygen atoms in total. The van der Waals surface area contributed by atoms with Crippen LogP contribution in [0.15, 0.2) is 25.3 Å². The Morgan fingerprint density at radius 2 is 1.75 bits per heavy atom. The van der Waals surface area contributed by atoms with Crippen LogP contribution in [0.25, 0.3) is 0 Å². The van der Waals surface area contributed by atoms with Crippen LogP contribution in [0.1, 0.15) is 33.6 Å². The fraction of sp³-hybridized carbons (Fsp3) is 0.667. The SMILES string of the molecule is C=CC(=O)OCC1(C)COC(C(C)(CCC)COC(=O)C=C)OC1. The van der Waals surface area contributed by atoms with Crippen molar-refractivity contribution in [2.45, 2.75) is 39.9 Å². The Balaban J connectivity index is 2.63. The van der Waals surface area contributed by atoms with E-state index in [9.17, 15) is 9.59 Å². The minimum atomic E-state index is -0.488. The molecule has 0 aromatic carbocycles. The third-order valence-corrected chi connectivity index (χ3v) is 4.00. The highest BCUT2D eigenvalue weighted by atomic mass is 16.7. The molecule has 0 aliphatic carbocycles. The summed E-state index contributed by atoms with van der Waals surface area (Å²) >= 11 is 0. The maximum absolute atomic E-state index is 11.3. The summed E-state index contributed by atoms with van der Waals surface area (Å²) in [6, 6.07) is 0. The van der Waals surface area contributed by atoms with Crippen molar-refractivity contribution >= 4 is 11.9 Å². The monoisotopic (exact) mass is 340 g/mol. The second kappa shape index (κ2) is 8.99. The number of esters is 2. The van der Waals surface area contributed by atoms with E-state index < -0.39 is 29.1 Å². The fourth-order valence-corrected chi connectivity index (χ4v) is 2.56.